The number of fused-ring (bicyclic) bond motifs is 1. The summed E-state index contributed by atoms with van der Waals surface area (Å²) in [6, 6.07) is 8.39. The summed E-state index contributed by atoms with van der Waals surface area (Å²) in [6.45, 7) is 0. The van der Waals surface area contributed by atoms with Crippen LogP contribution in [0.3, 0.4) is 0 Å². The Morgan fingerprint density at radius 3 is 2.52 bits per heavy atom. The van der Waals surface area contributed by atoms with Gasteiger partial charge in [0.15, 0.2) is 5.69 Å². The first-order valence-corrected chi connectivity index (χ1v) is 9.40. The predicted octanol–water partition coefficient (Wildman–Crippen LogP) is 3.07. The highest BCUT2D eigenvalue weighted by Gasteiger charge is 2.25. The summed E-state index contributed by atoms with van der Waals surface area (Å²) in [7, 11) is 0. The van der Waals surface area contributed by atoms with E-state index in [0.29, 0.717) is 47.7 Å². The summed E-state index contributed by atoms with van der Waals surface area (Å²) in [5.74, 6) is -0.886. The molecule has 0 bridgehead atoms. The van der Waals surface area contributed by atoms with E-state index in [0.717, 1.165) is 0 Å². The van der Waals surface area contributed by atoms with E-state index < -0.39 is 12.0 Å². The van der Waals surface area contributed by atoms with Gasteiger partial charge in [-0.2, -0.15) is 9.49 Å². The van der Waals surface area contributed by atoms with Gasteiger partial charge in [0.1, 0.15) is 0 Å². The number of pyridine rings is 1. The lowest BCUT2D eigenvalue weighted by atomic mass is 9.91. The molecule has 0 saturated heterocycles. The molecule has 1 fully saturated rings. The van der Waals surface area contributed by atoms with E-state index in [1.54, 1.807) is 30.3 Å². The minimum Gasteiger partial charge on any atom is -0.465 e. The van der Waals surface area contributed by atoms with E-state index in [1.165, 1.54) is 6.20 Å². The van der Waals surface area contributed by atoms with Crippen LogP contribution >= 0.6 is 0 Å². The van der Waals surface area contributed by atoms with Crippen LogP contribution in [-0.4, -0.2) is 44.4 Å². The second kappa shape index (κ2) is 7.86. The standard InChI is InChI=1S/C20H20FN5O3/c21-18-14(2-1-9-22-18)11-3-8-16-15(10-11)17(26-25-16)19(27)23-12-4-6-13(7-5-12)24-20(28)29/h1-3,8-10,12-13,24H,4-7H2,(H,23,27)(H,25,26)(H,28,29). The Morgan fingerprint density at radius 2 is 1.83 bits per heavy atom. The maximum absolute atomic E-state index is 14.0. The zero-order valence-electron chi connectivity index (χ0n) is 15.5. The van der Waals surface area contributed by atoms with Crippen molar-refractivity contribution in [2.75, 3.05) is 0 Å². The second-order valence-corrected chi connectivity index (χ2v) is 7.15. The van der Waals surface area contributed by atoms with Crippen LogP contribution in [0, 0.1) is 5.95 Å². The van der Waals surface area contributed by atoms with Crippen LogP contribution < -0.4 is 10.6 Å². The molecule has 1 saturated carbocycles. The monoisotopic (exact) mass is 397 g/mol. The number of nitrogens with one attached hydrogen (secondary N) is 3. The average molecular weight is 397 g/mol. The first-order chi connectivity index (χ1) is 14.0. The van der Waals surface area contributed by atoms with Gasteiger partial charge in [-0.05, 0) is 55.5 Å². The number of rotatable bonds is 4. The number of amides is 2. The molecule has 4 rings (SSSR count). The van der Waals surface area contributed by atoms with Crippen molar-refractivity contribution in [3.8, 4) is 11.1 Å². The fourth-order valence-corrected chi connectivity index (χ4v) is 3.77. The molecule has 2 heterocycles. The molecule has 3 aromatic rings. The highest BCUT2D eigenvalue weighted by atomic mass is 19.1. The molecular formula is C20H20FN5O3. The number of carbonyl (C=O) groups excluding carboxylic acids is 1. The zero-order chi connectivity index (χ0) is 20.4. The number of benzene rings is 1. The number of carboxylic acid groups (broad SMARTS) is 1. The molecule has 29 heavy (non-hydrogen) atoms. The van der Waals surface area contributed by atoms with Crippen molar-refractivity contribution in [1.29, 1.82) is 0 Å². The molecule has 0 atom stereocenters. The number of carbonyl (C=O) groups is 2. The largest absolute Gasteiger partial charge is 0.465 e. The van der Waals surface area contributed by atoms with Crippen molar-refractivity contribution < 1.29 is 19.1 Å². The minimum atomic E-state index is -1.03. The number of H-pyrrole nitrogens is 1. The molecular weight excluding hydrogens is 377 g/mol. The highest BCUT2D eigenvalue weighted by molar-refractivity contribution is 6.05. The summed E-state index contributed by atoms with van der Waals surface area (Å²) in [5, 5.41) is 21.8. The molecule has 9 heteroatoms. The topological polar surface area (TPSA) is 120 Å². The zero-order valence-corrected chi connectivity index (χ0v) is 15.5. The minimum absolute atomic E-state index is 0.0416. The third-order valence-corrected chi connectivity index (χ3v) is 5.24. The molecule has 4 N–H and O–H groups in total. The fourth-order valence-electron chi connectivity index (χ4n) is 3.77. The second-order valence-electron chi connectivity index (χ2n) is 7.15. The average Bonchev–Trinajstić information content (AvgIpc) is 3.13. The SMILES string of the molecule is O=C(O)NC1CCC(NC(=O)c2n[nH]c3ccc(-c4cccnc4F)cc23)CC1. The Morgan fingerprint density at radius 1 is 1.10 bits per heavy atom. The van der Waals surface area contributed by atoms with Crippen molar-refractivity contribution >= 4 is 22.9 Å². The van der Waals surface area contributed by atoms with E-state index in [-0.39, 0.29) is 23.7 Å². The van der Waals surface area contributed by atoms with Gasteiger partial charge in [-0.15, -0.1) is 0 Å². The first kappa shape index (κ1) is 18.9. The third-order valence-electron chi connectivity index (χ3n) is 5.24. The summed E-state index contributed by atoms with van der Waals surface area (Å²) in [5.41, 5.74) is 1.89. The van der Waals surface area contributed by atoms with Gasteiger partial charge in [-0.25, -0.2) is 9.78 Å². The van der Waals surface area contributed by atoms with Crippen LogP contribution in [0.2, 0.25) is 0 Å². The van der Waals surface area contributed by atoms with Crippen molar-refractivity contribution in [3.05, 3.63) is 48.2 Å². The van der Waals surface area contributed by atoms with Gasteiger partial charge in [-0.3, -0.25) is 9.89 Å². The lowest BCUT2D eigenvalue weighted by Crippen LogP contribution is -2.43. The summed E-state index contributed by atoms with van der Waals surface area (Å²) in [6.07, 6.45) is 3.07. The molecule has 0 spiro atoms. The molecule has 2 aromatic heterocycles. The van der Waals surface area contributed by atoms with Crippen LogP contribution in [-0.2, 0) is 0 Å². The van der Waals surface area contributed by atoms with Crippen LogP contribution in [0.4, 0.5) is 9.18 Å². The van der Waals surface area contributed by atoms with Crippen molar-refractivity contribution in [2.45, 2.75) is 37.8 Å². The van der Waals surface area contributed by atoms with Crippen molar-refractivity contribution in [2.24, 2.45) is 0 Å². The Labute approximate surface area is 165 Å². The van der Waals surface area contributed by atoms with Gasteiger partial charge >= 0.3 is 6.09 Å². The molecule has 8 nitrogen and oxygen atoms in total. The molecule has 1 aromatic carbocycles. The maximum Gasteiger partial charge on any atom is 0.404 e. The summed E-state index contributed by atoms with van der Waals surface area (Å²) in [4.78, 5) is 27.2. The van der Waals surface area contributed by atoms with Gasteiger partial charge in [0.25, 0.3) is 5.91 Å². The Balaban J connectivity index is 1.51. The smallest absolute Gasteiger partial charge is 0.404 e. The molecule has 0 unspecified atom stereocenters. The van der Waals surface area contributed by atoms with E-state index in [4.69, 9.17) is 5.11 Å². The van der Waals surface area contributed by atoms with Gasteiger partial charge in [-0.1, -0.05) is 6.07 Å². The molecule has 0 aliphatic heterocycles. The number of nitrogens with zero attached hydrogens (tertiary/aromatic N) is 2. The van der Waals surface area contributed by atoms with Gasteiger partial charge in [0.2, 0.25) is 5.95 Å². The number of aromatic amines is 1. The molecule has 150 valence electrons. The van der Waals surface area contributed by atoms with Gasteiger partial charge < -0.3 is 15.7 Å². The number of hydrogen-bond acceptors (Lipinski definition) is 4. The van der Waals surface area contributed by atoms with E-state index in [9.17, 15) is 14.0 Å². The quantitative estimate of drug-likeness (QED) is 0.504. The predicted molar refractivity (Wildman–Crippen MR) is 104 cm³/mol. The van der Waals surface area contributed by atoms with Crippen LogP contribution in [0.1, 0.15) is 36.2 Å². The molecule has 1 aliphatic rings. The van der Waals surface area contributed by atoms with Gasteiger partial charge in [0, 0.05) is 29.2 Å². The Kier molecular flexibility index (Phi) is 5.11. The summed E-state index contributed by atoms with van der Waals surface area (Å²) < 4.78 is 14.0. The Hall–Kier alpha value is -3.49. The normalized spacial score (nSPS) is 19.1. The molecule has 1 aliphatic carbocycles. The van der Waals surface area contributed by atoms with E-state index >= 15 is 0 Å². The lowest BCUT2D eigenvalue weighted by molar-refractivity contribution is 0.0919. The van der Waals surface area contributed by atoms with E-state index in [2.05, 4.69) is 25.8 Å². The van der Waals surface area contributed by atoms with Crippen molar-refractivity contribution in [3.63, 3.8) is 0 Å². The van der Waals surface area contributed by atoms with Crippen molar-refractivity contribution in [1.82, 2.24) is 25.8 Å². The van der Waals surface area contributed by atoms with E-state index in [1.807, 2.05) is 0 Å². The van der Waals surface area contributed by atoms with Gasteiger partial charge in [0.05, 0.1) is 5.52 Å². The lowest BCUT2D eigenvalue weighted by Gasteiger charge is -2.28. The number of hydrogen-bond donors (Lipinski definition) is 4. The highest BCUT2D eigenvalue weighted by Crippen LogP contribution is 2.27. The fraction of sp³-hybridized carbons (Fsp3) is 0.300. The third kappa shape index (κ3) is 4.03. The van der Waals surface area contributed by atoms with Crippen LogP contribution in [0.5, 0.6) is 0 Å². The summed E-state index contributed by atoms with van der Waals surface area (Å²) >= 11 is 0. The Bertz CT molecular complexity index is 1060. The van der Waals surface area contributed by atoms with Crippen LogP contribution in [0.15, 0.2) is 36.5 Å². The number of halogens is 1. The number of aromatic nitrogens is 3. The maximum atomic E-state index is 14.0. The van der Waals surface area contributed by atoms with Crippen LogP contribution in [0.25, 0.3) is 22.0 Å². The molecule has 2 amide bonds. The molecule has 0 radical (unpaired) electrons. The first-order valence-electron chi connectivity index (χ1n) is 9.40.